The van der Waals surface area contributed by atoms with Crippen LogP contribution < -0.4 is 14.2 Å². The van der Waals surface area contributed by atoms with Crippen molar-refractivity contribution in [2.45, 2.75) is 11.4 Å². The summed E-state index contributed by atoms with van der Waals surface area (Å²) in [5, 5.41) is 0. The molecule has 1 heterocycles. The zero-order valence-electron chi connectivity index (χ0n) is 19.8. The fourth-order valence-corrected chi connectivity index (χ4v) is 5.11. The van der Waals surface area contributed by atoms with E-state index < -0.39 is 10.0 Å². The smallest absolute Gasteiger partial charge is 0.261 e. The highest BCUT2D eigenvalue weighted by molar-refractivity contribution is 7.92. The van der Waals surface area contributed by atoms with E-state index in [2.05, 4.69) is 9.62 Å². The Balaban J connectivity index is 1.34. The first kappa shape index (κ1) is 24.6. The first-order valence-electron chi connectivity index (χ1n) is 11.3. The maximum Gasteiger partial charge on any atom is 0.261 e. The minimum atomic E-state index is -3.68. The molecule has 0 atom stereocenters. The summed E-state index contributed by atoms with van der Waals surface area (Å²) in [5.74, 6) is 1.53. The van der Waals surface area contributed by atoms with Crippen LogP contribution >= 0.6 is 0 Å². The van der Waals surface area contributed by atoms with Crippen LogP contribution in [0.2, 0.25) is 0 Å². The van der Waals surface area contributed by atoms with E-state index in [9.17, 15) is 13.2 Å². The fraction of sp³-hybridized carbons (Fsp3) is 0.269. The Kier molecular flexibility index (Phi) is 7.57. The Bertz CT molecular complexity index is 1260. The highest BCUT2D eigenvalue weighted by atomic mass is 32.2. The van der Waals surface area contributed by atoms with Crippen molar-refractivity contribution < 1.29 is 22.7 Å². The lowest BCUT2D eigenvalue weighted by Crippen LogP contribution is -2.48. The number of piperazine rings is 1. The second-order valence-corrected chi connectivity index (χ2v) is 9.92. The number of nitrogens with zero attached hydrogens (tertiary/aromatic N) is 2. The third-order valence-electron chi connectivity index (χ3n) is 5.98. The predicted octanol–water partition coefficient (Wildman–Crippen LogP) is 3.46. The largest absolute Gasteiger partial charge is 0.497 e. The van der Waals surface area contributed by atoms with E-state index in [4.69, 9.17) is 9.47 Å². The van der Waals surface area contributed by atoms with Crippen molar-refractivity contribution >= 4 is 21.6 Å². The van der Waals surface area contributed by atoms with Gasteiger partial charge in [0, 0.05) is 49.5 Å². The van der Waals surface area contributed by atoms with Crippen LogP contribution in [0.25, 0.3) is 0 Å². The van der Waals surface area contributed by atoms with Crippen molar-refractivity contribution in [2.24, 2.45) is 0 Å². The minimum Gasteiger partial charge on any atom is -0.497 e. The normalized spacial score (nSPS) is 14.4. The molecule has 0 aromatic heterocycles. The van der Waals surface area contributed by atoms with Crippen molar-refractivity contribution in [3.05, 3.63) is 83.9 Å². The Hall–Kier alpha value is -3.56. The van der Waals surface area contributed by atoms with Crippen LogP contribution in [0.1, 0.15) is 15.9 Å². The van der Waals surface area contributed by atoms with Gasteiger partial charge in [-0.05, 0) is 54.6 Å². The lowest BCUT2D eigenvalue weighted by Gasteiger charge is -2.35. The molecule has 0 bridgehead atoms. The van der Waals surface area contributed by atoms with Gasteiger partial charge in [-0.1, -0.05) is 18.2 Å². The second-order valence-electron chi connectivity index (χ2n) is 8.24. The molecule has 8 nitrogen and oxygen atoms in total. The van der Waals surface area contributed by atoms with Gasteiger partial charge < -0.3 is 14.4 Å². The number of methoxy groups -OCH3 is 2. The van der Waals surface area contributed by atoms with Gasteiger partial charge in [0.2, 0.25) is 0 Å². The van der Waals surface area contributed by atoms with E-state index in [-0.39, 0.29) is 10.8 Å². The number of anilines is 1. The molecule has 1 aliphatic heterocycles. The number of rotatable bonds is 8. The predicted molar refractivity (Wildman–Crippen MR) is 134 cm³/mol. The number of amides is 1. The molecule has 0 spiro atoms. The molecule has 3 aromatic rings. The monoisotopic (exact) mass is 495 g/mol. The highest BCUT2D eigenvalue weighted by Crippen LogP contribution is 2.26. The van der Waals surface area contributed by atoms with E-state index in [0.29, 0.717) is 30.9 Å². The second kappa shape index (κ2) is 10.8. The van der Waals surface area contributed by atoms with Gasteiger partial charge in [-0.25, -0.2) is 8.42 Å². The van der Waals surface area contributed by atoms with E-state index in [1.54, 1.807) is 56.7 Å². The fourth-order valence-electron chi connectivity index (χ4n) is 4.03. The zero-order valence-corrected chi connectivity index (χ0v) is 20.6. The molecule has 4 rings (SSSR count). The lowest BCUT2D eigenvalue weighted by molar-refractivity contribution is 0.0627. The number of hydrogen-bond donors (Lipinski definition) is 1. The van der Waals surface area contributed by atoms with Gasteiger partial charge in [-0.2, -0.15) is 0 Å². The van der Waals surface area contributed by atoms with Crippen LogP contribution in [0.15, 0.2) is 77.7 Å². The standard InChI is InChI=1S/C26H29N3O5S/c1-33-23-12-13-25(34-2)21(18-23)19-28-14-16-29(17-15-28)26(30)20-8-10-22(11-9-20)27-35(31,32)24-6-4-3-5-7-24/h3-13,18,27H,14-17,19H2,1-2H3. The number of benzene rings is 3. The van der Waals surface area contributed by atoms with Gasteiger partial charge in [0.15, 0.2) is 0 Å². The van der Waals surface area contributed by atoms with Crippen molar-refractivity contribution in [3.8, 4) is 11.5 Å². The third-order valence-corrected chi connectivity index (χ3v) is 7.38. The van der Waals surface area contributed by atoms with Gasteiger partial charge in [0.1, 0.15) is 11.5 Å². The molecule has 1 aliphatic rings. The molecule has 1 fully saturated rings. The number of ether oxygens (including phenoxy) is 2. The Morgan fingerprint density at radius 2 is 1.57 bits per heavy atom. The van der Waals surface area contributed by atoms with E-state index >= 15 is 0 Å². The molecule has 9 heteroatoms. The summed E-state index contributed by atoms with van der Waals surface area (Å²) in [6.45, 7) is 3.39. The van der Waals surface area contributed by atoms with E-state index in [1.807, 2.05) is 23.1 Å². The van der Waals surface area contributed by atoms with Crippen LogP contribution in [0.3, 0.4) is 0 Å². The quantitative estimate of drug-likeness (QED) is 0.515. The first-order chi connectivity index (χ1) is 16.9. The van der Waals surface area contributed by atoms with Crippen molar-refractivity contribution in [3.63, 3.8) is 0 Å². The maximum atomic E-state index is 13.0. The average Bonchev–Trinajstić information content (AvgIpc) is 2.89. The summed E-state index contributed by atoms with van der Waals surface area (Å²) in [6.07, 6.45) is 0. The van der Waals surface area contributed by atoms with Crippen molar-refractivity contribution in [1.82, 2.24) is 9.80 Å². The lowest BCUT2D eigenvalue weighted by atomic mass is 10.1. The average molecular weight is 496 g/mol. The minimum absolute atomic E-state index is 0.0684. The Labute approximate surface area is 206 Å². The molecule has 0 aliphatic carbocycles. The molecule has 1 N–H and O–H groups in total. The summed E-state index contributed by atoms with van der Waals surface area (Å²) in [4.78, 5) is 17.3. The van der Waals surface area contributed by atoms with Crippen LogP contribution in [0.4, 0.5) is 5.69 Å². The summed E-state index contributed by atoms with van der Waals surface area (Å²) < 4.78 is 38.4. The van der Waals surface area contributed by atoms with Gasteiger partial charge >= 0.3 is 0 Å². The van der Waals surface area contributed by atoms with Crippen LogP contribution in [-0.4, -0.2) is 64.5 Å². The molecular weight excluding hydrogens is 466 g/mol. The van der Waals surface area contributed by atoms with E-state index in [0.717, 1.165) is 30.2 Å². The summed E-state index contributed by atoms with van der Waals surface area (Å²) >= 11 is 0. The molecule has 0 unspecified atom stereocenters. The number of carbonyl (C=O) groups excluding carboxylic acids is 1. The van der Waals surface area contributed by atoms with Gasteiger partial charge in [0.25, 0.3) is 15.9 Å². The SMILES string of the molecule is COc1ccc(OC)c(CN2CCN(C(=O)c3ccc(NS(=O)(=O)c4ccccc4)cc3)CC2)c1. The zero-order chi connectivity index (χ0) is 24.8. The summed E-state index contributed by atoms with van der Waals surface area (Å²) in [5.41, 5.74) is 1.97. The maximum absolute atomic E-state index is 13.0. The molecule has 1 amide bonds. The molecular formula is C26H29N3O5S. The molecule has 0 radical (unpaired) electrons. The van der Waals surface area contributed by atoms with Crippen molar-refractivity contribution in [2.75, 3.05) is 45.1 Å². The first-order valence-corrected chi connectivity index (χ1v) is 12.8. The van der Waals surface area contributed by atoms with Crippen LogP contribution in [0.5, 0.6) is 11.5 Å². The molecule has 0 saturated carbocycles. The van der Waals surface area contributed by atoms with E-state index in [1.165, 1.54) is 12.1 Å². The van der Waals surface area contributed by atoms with Gasteiger partial charge in [0.05, 0.1) is 19.1 Å². The summed E-state index contributed by atoms with van der Waals surface area (Å²) in [7, 11) is -0.384. The molecule has 1 saturated heterocycles. The molecule has 184 valence electrons. The number of nitrogens with one attached hydrogen (secondary N) is 1. The number of hydrogen-bond acceptors (Lipinski definition) is 6. The molecule has 35 heavy (non-hydrogen) atoms. The number of sulfonamides is 1. The van der Waals surface area contributed by atoms with Gasteiger partial charge in [-0.3, -0.25) is 14.4 Å². The van der Waals surface area contributed by atoms with Crippen molar-refractivity contribution in [1.29, 1.82) is 0 Å². The molecule has 3 aromatic carbocycles. The van der Waals surface area contributed by atoms with Crippen LogP contribution in [0, 0.1) is 0 Å². The van der Waals surface area contributed by atoms with Crippen LogP contribution in [-0.2, 0) is 16.6 Å². The third kappa shape index (κ3) is 5.93. The van der Waals surface area contributed by atoms with Gasteiger partial charge in [-0.15, -0.1) is 0 Å². The summed E-state index contributed by atoms with van der Waals surface area (Å²) in [6, 6.07) is 20.4. The highest BCUT2D eigenvalue weighted by Gasteiger charge is 2.23. The topological polar surface area (TPSA) is 88.2 Å². The Morgan fingerprint density at radius 3 is 2.20 bits per heavy atom. The Morgan fingerprint density at radius 1 is 0.886 bits per heavy atom. The number of carbonyl (C=O) groups is 1.